The van der Waals surface area contributed by atoms with Gasteiger partial charge in [0.05, 0.1) is 0 Å². The van der Waals surface area contributed by atoms with Crippen LogP contribution in [0.1, 0.15) is 0 Å². The Hall–Kier alpha value is 2.50. The quantitative estimate of drug-likeness (QED) is 0.307. The second-order valence-electron chi connectivity index (χ2n) is 0. The van der Waals surface area contributed by atoms with Crippen LogP contribution >= 0.6 is 33.1 Å². The zero-order chi connectivity index (χ0) is 2.00. The molecule has 4 heavy (non-hydrogen) atoms. The van der Waals surface area contributed by atoms with Crippen molar-refractivity contribution in [3.63, 3.8) is 0 Å². The summed E-state index contributed by atoms with van der Waals surface area (Å²) in [6.45, 7) is 0. The second kappa shape index (κ2) is 17.8. The number of hydrogen-bond acceptors (Lipinski definition) is 0. The fraction of sp³-hybridized carbons (Fsp3) is 0. The molecule has 0 unspecified atom stereocenters. The van der Waals surface area contributed by atoms with Crippen molar-refractivity contribution in [1.82, 2.24) is 0 Å². The van der Waals surface area contributed by atoms with Gasteiger partial charge >= 0.3 is 29.6 Å². The van der Waals surface area contributed by atoms with Crippen LogP contribution in [0.25, 0.3) is 0 Å². The van der Waals surface area contributed by atoms with E-state index in [1.54, 1.807) is 0 Å². The van der Waals surface area contributed by atoms with Crippen molar-refractivity contribution in [3.8, 4) is 0 Å². The van der Waals surface area contributed by atoms with E-state index in [1.165, 1.54) is 0 Å². The van der Waals surface area contributed by atoms with Gasteiger partial charge < -0.3 is 12.4 Å². The summed E-state index contributed by atoms with van der Waals surface area (Å²) in [6, 6.07) is 0. The molecule has 22 valence electrons. The molecule has 0 aromatic rings. The largest absolute Gasteiger partial charge is 1.00 e. The predicted octanol–water partition coefficient (Wildman–Crippen LogP) is -4.26. The van der Waals surface area contributed by atoms with Crippen LogP contribution in [0.5, 0.6) is 0 Å². The summed E-state index contributed by atoms with van der Waals surface area (Å²) in [5, 5.41) is 0. The number of halogens is 3. The van der Waals surface area contributed by atoms with E-state index < -0.39 is 0 Å². The minimum Gasteiger partial charge on any atom is -1.00 e. The molecule has 0 bridgehead atoms. The van der Waals surface area contributed by atoms with Crippen LogP contribution in [-0.4, -0.2) is 0 Å². The predicted molar refractivity (Wildman–Crippen MR) is 22.9 cm³/mol. The van der Waals surface area contributed by atoms with Gasteiger partial charge in [0.2, 0.25) is 0 Å². The summed E-state index contributed by atoms with van der Waals surface area (Å²) < 4.78 is 0. The van der Waals surface area contributed by atoms with E-state index in [0.717, 1.165) is 0 Å². The van der Waals surface area contributed by atoms with Crippen molar-refractivity contribution < 1.29 is 42.0 Å². The Morgan fingerprint density at radius 3 is 1.25 bits per heavy atom. The van der Waals surface area contributed by atoms with Gasteiger partial charge in [-0.25, -0.2) is 0 Å². The van der Waals surface area contributed by atoms with E-state index in [4.69, 9.17) is 0 Å². The molecule has 0 atom stereocenters. The summed E-state index contributed by atoms with van der Waals surface area (Å²) in [6.07, 6.45) is 0. The Balaban J connectivity index is -0.00000000500. The van der Waals surface area contributed by atoms with Gasteiger partial charge in [-0.15, -0.1) is 0 Å². The van der Waals surface area contributed by atoms with Crippen LogP contribution in [0.4, 0.5) is 0 Å². The van der Waals surface area contributed by atoms with Gasteiger partial charge in [0, 0.05) is 20.4 Å². The van der Waals surface area contributed by atoms with E-state index in [1.807, 2.05) is 20.4 Å². The van der Waals surface area contributed by atoms with Gasteiger partial charge in [0.1, 0.15) is 0 Å². The molecule has 0 saturated heterocycles. The fourth-order valence-corrected chi connectivity index (χ4v) is 0. The zero-order valence-electron chi connectivity index (χ0n) is 2.13. The maximum Gasteiger partial charge on any atom is 1.00 e. The van der Waals surface area contributed by atoms with Crippen LogP contribution in [0, 0.1) is 0 Å². The monoisotopic (exact) mass is 264 g/mol. The standard InChI is InChI=1S/BrI.ClH.Na/c1-2;;/h;1H;/q;;+1/p-1. The molecule has 0 radical (unpaired) electrons. The first-order valence-electron chi connectivity index (χ1n) is 0.143. The minimum absolute atomic E-state index is 0. The van der Waals surface area contributed by atoms with E-state index in [0.29, 0.717) is 0 Å². The van der Waals surface area contributed by atoms with Crippen LogP contribution in [0.3, 0.4) is 0 Å². The number of rotatable bonds is 0. The van der Waals surface area contributed by atoms with Crippen molar-refractivity contribution >= 4 is 33.1 Å². The van der Waals surface area contributed by atoms with Crippen LogP contribution in [-0.2, 0) is 0 Å². The molecule has 0 aliphatic rings. The van der Waals surface area contributed by atoms with Gasteiger partial charge in [-0.1, -0.05) is 0 Å². The maximum atomic E-state index is 2.91. The molecule has 0 aliphatic carbocycles. The Morgan fingerprint density at radius 2 is 1.25 bits per heavy atom. The molecule has 0 amide bonds. The van der Waals surface area contributed by atoms with Crippen molar-refractivity contribution in [2.45, 2.75) is 0 Å². The third kappa shape index (κ3) is 8.82. The summed E-state index contributed by atoms with van der Waals surface area (Å²) in [5.41, 5.74) is 0. The molecule has 0 nitrogen and oxygen atoms in total. The molecular weight excluding hydrogens is 265 g/mol. The number of hydrogen-bond donors (Lipinski definition) is 0. The maximum absolute atomic E-state index is 2.91. The van der Waals surface area contributed by atoms with E-state index in [-0.39, 0.29) is 42.0 Å². The van der Waals surface area contributed by atoms with Crippen molar-refractivity contribution in [2.24, 2.45) is 0 Å². The minimum atomic E-state index is 0. The first kappa shape index (κ1) is 16.1. The van der Waals surface area contributed by atoms with Crippen LogP contribution in [0.2, 0.25) is 0 Å². The van der Waals surface area contributed by atoms with Crippen LogP contribution < -0.4 is 42.0 Å². The Morgan fingerprint density at radius 1 is 1.25 bits per heavy atom. The molecule has 0 rings (SSSR count). The normalized spacial score (nSPS) is 1.50. The van der Waals surface area contributed by atoms with Gasteiger partial charge in [-0.3, -0.25) is 0 Å². The topological polar surface area (TPSA) is 0 Å². The van der Waals surface area contributed by atoms with E-state index in [9.17, 15) is 0 Å². The third-order valence-corrected chi connectivity index (χ3v) is 0. The van der Waals surface area contributed by atoms with Gasteiger partial charge in [-0.05, 0) is 12.7 Å². The Labute approximate surface area is 73.7 Å². The van der Waals surface area contributed by atoms with Crippen LogP contribution in [0.15, 0.2) is 0 Å². The first-order valence-corrected chi connectivity index (χ1v) is 4.98. The summed E-state index contributed by atoms with van der Waals surface area (Å²) in [7, 11) is 0. The second-order valence-corrected chi connectivity index (χ2v) is 0. The summed E-state index contributed by atoms with van der Waals surface area (Å²) >= 11 is 4.87. The molecule has 0 heterocycles. The van der Waals surface area contributed by atoms with Gasteiger partial charge in [0.15, 0.2) is 0 Å². The third-order valence-electron chi connectivity index (χ3n) is 0. The Kier molecular flexibility index (Phi) is 71.5. The summed E-state index contributed by atoms with van der Waals surface area (Å²) in [5.74, 6) is 0. The fourth-order valence-electron chi connectivity index (χ4n) is 0. The van der Waals surface area contributed by atoms with E-state index >= 15 is 0 Å². The van der Waals surface area contributed by atoms with Gasteiger partial charge in [0.25, 0.3) is 0 Å². The Bertz CT molecular complexity index is 8.00. The smallest absolute Gasteiger partial charge is 1.00 e. The van der Waals surface area contributed by atoms with Gasteiger partial charge in [-0.2, -0.15) is 0 Å². The van der Waals surface area contributed by atoms with Crippen molar-refractivity contribution in [2.75, 3.05) is 0 Å². The van der Waals surface area contributed by atoms with Crippen molar-refractivity contribution in [1.29, 1.82) is 0 Å². The molecule has 4 heteroatoms. The summed E-state index contributed by atoms with van der Waals surface area (Å²) in [4.78, 5) is 0. The molecule has 0 spiro atoms. The average molecular weight is 265 g/mol. The molecular formula is BrClINa. The first-order chi connectivity index (χ1) is 1.00. The van der Waals surface area contributed by atoms with Crippen molar-refractivity contribution in [3.05, 3.63) is 0 Å². The van der Waals surface area contributed by atoms with E-state index in [2.05, 4.69) is 12.7 Å². The molecule has 0 aromatic heterocycles. The molecule has 0 saturated carbocycles. The molecule has 0 fully saturated rings. The average Bonchev–Trinajstić information content (AvgIpc) is 1.00. The molecule has 0 N–H and O–H groups in total. The SMILES string of the molecule is BrI.[Cl-].[Na+]. The molecule has 0 aromatic carbocycles. The zero-order valence-corrected chi connectivity index (χ0v) is 8.63. The molecule has 0 aliphatic heterocycles.